The van der Waals surface area contributed by atoms with Crippen LogP contribution in [-0.2, 0) is 5.75 Å². The second-order valence-corrected chi connectivity index (χ2v) is 6.32. The monoisotopic (exact) mass is 328 g/mol. The van der Waals surface area contributed by atoms with E-state index in [2.05, 4.69) is 57.1 Å². The Balaban J connectivity index is 2.01. The van der Waals surface area contributed by atoms with Crippen LogP contribution in [0.5, 0.6) is 0 Å². The number of nitrogens with zero attached hydrogens (tertiary/aromatic N) is 1. The minimum atomic E-state index is 0.907. The summed E-state index contributed by atoms with van der Waals surface area (Å²) in [5.41, 5.74) is 2.31. The van der Waals surface area contributed by atoms with Crippen molar-refractivity contribution < 1.29 is 0 Å². The lowest BCUT2D eigenvalue weighted by Gasteiger charge is -2.00. The summed E-state index contributed by atoms with van der Waals surface area (Å²) in [4.78, 5) is 9.07. The molecule has 0 saturated heterocycles. The fraction of sp³-hybridized carbons (Fsp3) is 0.250. The van der Waals surface area contributed by atoms with E-state index in [1.807, 2.05) is 18.0 Å². The molecule has 0 radical (unpaired) electrons. The molecule has 2 nitrogen and oxygen atoms in total. The molecule has 0 aliphatic heterocycles. The van der Waals surface area contributed by atoms with Gasteiger partial charge in [0.15, 0.2) is 5.16 Å². The van der Waals surface area contributed by atoms with Gasteiger partial charge in [0.25, 0.3) is 0 Å². The highest BCUT2D eigenvalue weighted by Gasteiger charge is 2.06. The Labute approximate surface area is 118 Å². The maximum atomic E-state index is 4.54. The summed E-state index contributed by atoms with van der Waals surface area (Å²) in [6, 6.07) is 8.36. The molecule has 0 aliphatic rings. The molecule has 0 bridgehead atoms. The third kappa shape index (κ3) is 3.53. The number of aromatic amines is 1. The van der Waals surface area contributed by atoms with Gasteiger partial charge < -0.3 is 4.98 Å². The Morgan fingerprint density at radius 1 is 1.29 bits per heavy atom. The Bertz CT molecular complexity index is 494. The van der Waals surface area contributed by atoms with Gasteiger partial charge in [-0.05, 0) is 37.4 Å². The fourth-order valence-electron chi connectivity index (χ4n) is 1.39. The standard InChI is InChI=1S/C12H13BrN2S2/c1-8-11(15-12(14-8)16-2)7-17-10-5-3-9(13)4-6-10/h3-6H,7H2,1-2H3,(H,14,15). The van der Waals surface area contributed by atoms with Crippen molar-refractivity contribution in [3.05, 3.63) is 40.1 Å². The van der Waals surface area contributed by atoms with E-state index in [4.69, 9.17) is 0 Å². The molecule has 0 spiro atoms. The van der Waals surface area contributed by atoms with E-state index < -0.39 is 0 Å². The first kappa shape index (κ1) is 13.1. The zero-order valence-corrected chi connectivity index (χ0v) is 12.9. The van der Waals surface area contributed by atoms with Crippen LogP contribution in [0.1, 0.15) is 11.4 Å². The van der Waals surface area contributed by atoms with E-state index >= 15 is 0 Å². The SMILES string of the molecule is CSc1nc(CSc2ccc(Br)cc2)c(C)[nH]1. The number of hydrogen-bond donors (Lipinski definition) is 1. The molecule has 0 atom stereocenters. The van der Waals surface area contributed by atoms with Gasteiger partial charge in [-0.25, -0.2) is 4.98 Å². The molecule has 90 valence electrons. The summed E-state index contributed by atoms with van der Waals surface area (Å²) in [7, 11) is 0. The second kappa shape index (κ2) is 5.98. The smallest absolute Gasteiger partial charge is 0.165 e. The van der Waals surface area contributed by atoms with E-state index in [1.165, 1.54) is 10.6 Å². The molecule has 5 heteroatoms. The number of thioether (sulfide) groups is 2. The van der Waals surface area contributed by atoms with Crippen LogP contribution in [0.25, 0.3) is 0 Å². The molecule has 1 aromatic carbocycles. The lowest BCUT2D eigenvalue weighted by molar-refractivity contribution is 1.03. The molecule has 0 fully saturated rings. The average molecular weight is 329 g/mol. The first-order valence-electron chi connectivity index (χ1n) is 5.17. The largest absolute Gasteiger partial charge is 0.337 e. The van der Waals surface area contributed by atoms with Crippen LogP contribution < -0.4 is 0 Å². The van der Waals surface area contributed by atoms with Crippen molar-refractivity contribution in [2.75, 3.05) is 6.26 Å². The van der Waals surface area contributed by atoms with Gasteiger partial charge in [0.2, 0.25) is 0 Å². The Kier molecular flexibility index (Phi) is 4.59. The van der Waals surface area contributed by atoms with Crippen molar-refractivity contribution in [3.8, 4) is 0 Å². The van der Waals surface area contributed by atoms with Gasteiger partial charge in [-0.2, -0.15) is 0 Å². The molecule has 1 aromatic heterocycles. The summed E-state index contributed by atoms with van der Waals surface area (Å²) in [5, 5.41) is 0.994. The predicted molar refractivity (Wildman–Crippen MR) is 78.8 cm³/mol. The minimum Gasteiger partial charge on any atom is -0.337 e. The first-order chi connectivity index (χ1) is 8.19. The van der Waals surface area contributed by atoms with Crippen LogP contribution in [0.15, 0.2) is 38.8 Å². The van der Waals surface area contributed by atoms with Gasteiger partial charge >= 0.3 is 0 Å². The van der Waals surface area contributed by atoms with Gasteiger partial charge in [0, 0.05) is 20.8 Å². The number of aryl methyl sites for hydroxylation is 1. The number of rotatable bonds is 4. The summed E-state index contributed by atoms with van der Waals surface area (Å²) in [5.74, 6) is 0.907. The Morgan fingerprint density at radius 3 is 2.59 bits per heavy atom. The summed E-state index contributed by atoms with van der Waals surface area (Å²) < 4.78 is 1.11. The number of hydrogen-bond acceptors (Lipinski definition) is 3. The molecule has 1 N–H and O–H groups in total. The molecule has 0 amide bonds. The van der Waals surface area contributed by atoms with Crippen LogP contribution in [-0.4, -0.2) is 16.2 Å². The normalized spacial score (nSPS) is 10.8. The van der Waals surface area contributed by atoms with E-state index in [0.29, 0.717) is 0 Å². The summed E-state index contributed by atoms with van der Waals surface area (Å²) >= 11 is 6.89. The van der Waals surface area contributed by atoms with Crippen molar-refractivity contribution in [3.63, 3.8) is 0 Å². The number of benzene rings is 1. The zero-order valence-electron chi connectivity index (χ0n) is 9.66. The number of nitrogens with one attached hydrogen (secondary N) is 1. The lowest BCUT2D eigenvalue weighted by atomic mass is 10.4. The Morgan fingerprint density at radius 2 is 2.00 bits per heavy atom. The number of H-pyrrole nitrogens is 1. The fourth-order valence-corrected chi connectivity index (χ4v) is 3.02. The van der Waals surface area contributed by atoms with Gasteiger partial charge in [-0.15, -0.1) is 11.8 Å². The van der Waals surface area contributed by atoms with Crippen LogP contribution in [0, 0.1) is 6.92 Å². The van der Waals surface area contributed by atoms with Crippen LogP contribution >= 0.6 is 39.5 Å². The van der Waals surface area contributed by atoms with Gasteiger partial charge in [0.1, 0.15) is 0 Å². The molecule has 2 aromatic rings. The van der Waals surface area contributed by atoms with Crippen LogP contribution in [0.4, 0.5) is 0 Å². The van der Waals surface area contributed by atoms with Crippen molar-refractivity contribution in [2.45, 2.75) is 22.7 Å². The predicted octanol–water partition coefficient (Wildman–Crippen LogP) is 4.49. The average Bonchev–Trinajstić information content (AvgIpc) is 2.69. The first-order valence-corrected chi connectivity index (χ1v) is 8.17. The molecular formula is C12H13BrN2S2. The maximum absolute atomic E-state index is 4.54. The molecule has 0 saturated carbocycles. The highest BCUT2D eigenvalue weighted by molar-refractivity contribution is 9.10. The van der Waals surface area contributed by atoms with Gasteiger partial charge in [0.05, 0.1) is 5.69 Å². The molecule has 1 heterocycles. The van der Waals surface area contributed by atoms with Gasteiger partial charge in [-0.1, -0.05) is 27.7 Å². The number of imidazole rings is 1. The second-order valence-electron chi connectivity index (χ2n) is 3.56. The van der Waals surface area contributed by atoms with Crippen molar-refractivity contribution in [1.29, 1.82) is 0 Å². The van der Waals surface area contributed by atoms with Crippen molar-refractivity contribution in [2.24, 2.45) is 0 Å². The van der Waals surface area contributed by atoms with E-state index in [9.17, 15) is 0 Å². The topological polar surface area (TPSA) is 28.7 Å². The quantitative estimate of drug-likeness (QED) is 0.838. The highest BCUT2D eigenvalue weighted by atomic mass is 79.9. The third-order valence-corrected chi connectivity index (χ3v) is 4.48. The van der Waals surface area contributed by atoms with E-state index in [0.717, 1.165) is 21.1 Å². The Hall–Kier alpha value is -0.390. The summed E-state index contributed by atoms with van der Waals surface area (Å²) in [6.07, 6.45) is 2.03. The van der Waals surface area contributed by atoms with E-state index in [-0.39, 0.29) is 0 Å². The molecule has 17 heavy (non-hydrogen) atoms. The summed E-state index contributed by atoms with van der Waals surface area (Å²) in [6.45, 7) is 2.07. The molecule has 0 aliphatic carbocycles. The highest BCUT2D eigenvalue weighted by Crippen LogP contribution is 2.25. The van der Waals surface area contributed by atoms with Crippen LogP contribution in [0.2, 0.25) is 0 Å². The lowest BCUT2D eigenvalue weighted by Crippen LogP contribution is -1.84. The van der Waals surface area contributed by atoms with Gasteiger partial charge in [-0.3, -0.25) is 0 Å². The third-order valence-electron chi connectivity index (χ3n) is 2.35. The zero-order chi connectivity index (χ0) is 12.3. The molecule has 2 rings (SSSR count). The molecule has 0 unspecified atom stereocenters. The minimum absolute atomic E-state index is 0.907. The van der Waals surface area contributed by atoms with Crippen LogP contribution in [0.3, 0.4) is 0 Å². The maximum Gasteiger partial charge on any atom is 0.165 e. The molecular weight excluding hydrogens is 316 g/mol. The van der Waals surface area contributed by atoms with Crippen molar-refractivity contribution >= 4 is 39.5 Å². The van der Waals surface area contributed by atoms with E-state index in [1.54, 1.807) is 11.8 Å². The number of aromatic nitrogens is 2. The number of halogens is 1. The van der Waals surface area contributed by atoms with Crippen molar-refractivity contribution in [1.82, 2.24) is 9.97 Å².